The van der Waals surface area contributed by atoms with E-state index in [4.69, 9.17) is 18.6 Å². The number of fused-ring (bicyclic) bond motifs is 1. The molecular weight excluding hydrogens is 360 g/mol. The van der Waals surface area contributed by atoms with Crippen molar-refractivity contribution in [2.24, 2.45) is 0 Å². The Kier molecular flexibility index (Phi) is 5.68. The zero-order chi connectivity index (χ0) is 20.3. The molecular formula is C22H22O6. The molecule has 1 aromatic heterocycles. The lowest BCUT2D eigenvalue weighted by Crippen LogP contribution is -2.26. The quantitative estimate of drug-likeness (QED) is 0.472. The molecule has 0 spiro atoms. The second-order valence-electron chi connectivity index (χ2n) is 6.29. The van der Waals surface area contributed by atoms with Crippen molar-refractivity contribution in [1.82, 2.24) is 0 Å². The van der Waals surface area contributed by atoms with Gasteiger partial charge in [0.1, 0.15) is 17.1 Å². The number of methoxy groups -OCH3 is 1. The van der Waals surface area contributed by atoms with Crippen LogP contribution in [0.4, 0.5) is 0 Å². The molecule has 3 rings (SSSR count). The molecule has 0 saturated carbocycles. The number of rotatable bonds is 6. The lowest BCUT2D eigenvalue weighted by molar-refractivity contribution is -0.150. The Labute approximate surface area is 162 Å². The molecule has 0 aliphatic carbocycles. The molecule has 0 N–H and O–H groups in total. The summed E-state index contributed by atoms with van der Waals surface area (Å²) in [7, 11) is 1.59. The van der Waals surface area contributed by atoms with Crippen LogP contribution in [-0.2, 0) is 9.53 Å². The molecule has 146 valence electrons. The van der Waals surface area contributed by atoms with Crippen LogP contribution in [0.1, 0.15) is 19.4 Å². The Hall–Kier alpha value is -3.28. The fourth-order valence-electron chi connectivity index (χ4n) is 3.01. The van der Waals surface area contributed by atoms with Crippen LogP contribution >= 0.6 is 0 Å². The van der Waals surface area contributed by atoms with Crippen molar-refractivity contribution in [2.45, 2.75) is 26.9 Å². The van der Waals surface area contributed by atoms with E-state index in [-0.39, 0.29) is 6.61 Å². The largest absolute Gasteiger partial charge is 0.497 e. The first kappa shape index (κ1) is 19.5. The number of carbonyl (C=O) groups is 1. The molecule has 0 aliphatic heterocycles. The Morgan fingerprint density at radius 3 is 2.43 bits per heavy atom. The fraction of sp³-hybridized carbons (Fsp3) is 0.273. The molecule has 0 aliphatic rings. The van der Waals surface area contributed by atoms with Crippen LogP contribution in [0.2, 0.25) is 0 Å². The summed E-state index contributed by atoms with van der Waals surface area (Å²) >= 11 is 0. The highest BCUT2D eigenvalue weighted by Crippen LogP contribution is 2.30. The van der Waals surface area contributed by atoms with E-state index >= 15 is 0 Å². The highest BCUT2D eigenvalue weighted by atomic mass is 16.6. The zero-order valence-electron chi connectivity index (χ0n) is 16.3. The van der Waals surface area contributed by atoms with Crippen LogP contribution in [0.15, 0.2) is 51.7 Å². The topological polar surface area (TPSA) is 75.0 Å². The van der Waals surface area contributed by atoms with Crippen molar-refractivity contribution >= 4 is 16.9 Å². The smallest absolute Gasteiger partial charge is 0.347 e. The van der Waals surface area contributed by atoms with E-state index in [1.807, 2.05) is 25.1 Å². The first-order valence-electron chi connectivity index (χ1n) is 8.99. The number of ether oxygens (including phenoxy) is 3. The monoisotopic (exact) mass is 382 g/mol. The number of aryl methyl sites for hydroxylation is 1. The molecule has 0 radical (unpaired) electrons. The van der Waals surface area contributed by atoms with Gasteiger partial charge in [0, 0.05) is 11.5 Å². The van der Waals surface area contributed by atoms with E-state index in [9.17, 15) is 9.59 Å². The minimum absolute atomic E-state index is 0.284. The van der Waals surface area contributed by atoms with Gasteiger partial charge in [0.05, 0.1) is 19.3 Å². The van der Waals surface area contributed by atoms with Crippen molar-refractivity contribution in [3.05, 3.63) is 58.4 Å². The van der Waals surface area contributed by atoms with E-state index in [1.165, 1.54) is 0 Å². The first-order valence-corrected chi connectivity index (χ1v) is 8.99. The minimum atomic E-state index is -0.760. The average molecular weight is 382 g/mol. The number of benzene rings is 2. The third kappa shape index (κ3) is 3.86. The summed E-state index contributed by atoms with van der Waals surface area (Å²) in [6.45, 7) is 5.50. The summed E-state index contributed by atoms with van der Waals surface area (Å²) in [6.07, 6.45) is -0.760. The van der Waals surface area contributed by atoms with Crippen molar-refractivity contribution in [3.8, 4) is 22.6 Å². The molecule has 3 aromatic rings. The van der Waals surface area contributed by atoms with Gasteiger partial charge >= 0.3 is 11.6 Å². The molecule has 0 bridgehead atoms. The van der Waals surface area contributed by atoms with Crippen LogP contribution in [0, 0.1) is 6.92 Å². The second kappa shape index (κ2) is 8.17. The zero-order valence-corrected chi connectivity index (χ0v) is 16.3. The molecule has 6 heteroatoms. The van der Waals surface area contributed by atoms with Gasteiger partial charge in [0.15, 0.2) is 6.10 Å². The van der Waals surface area contributed by atoms with Crippen molar-refractivity contribution in [2.75, 3.05) is 13.7 Å². The normalized spacial score (nSPS) is 11.9. The summed E-state index contributed by atoms with van der Waals surface area (Å²) < 4.78 is 21.2. The molecule has 0 unspecified atom stereocenters. The number of carbonyl (C=O) groups excluding carboxylic acids is 1. The lowest BCUT2D eigenvalue weighted by Gasteiger charge is -2.14. The molecule has 2 aromatic carbocycles. The van der Waals surface area contributed by atoms with E-state index < -0.39 is 17.7 Å². The van der Waals surface area contributed by atoms with Gasteiger partial charge in [-0.05, 0) is 56.2 Å². The number of hydrogen-bond donors (Lipinski definition) is 0. The highest BCUT2D eigenvalue weighted by molar-refractivity contribution is 5.87. The molecule has 0 fully saturated rings. The maximum Gasteiger partial charge on any atom is 0.347 e. The SMILES string of the molecule is CCOC(=O)[C@H](C)Oc1ccc2c(C)c(-c3ccc(OC)cc3)c(=O)oc2c1. The summed E-state index contributed by atoms with van der Waals surface area (Å²) in [4.78, 5) is 24.4. The van der Waals surface area contributed by atoms with E-state index in [0.29, 0.717) is 22.6 Å². The second-order valence-corrected chi connectivity index (χ2v) is 6.29. The molecule has 1 heterocycles. The Balaban J connectivity index is 1.98. The Bertz CT molecular complexity index is 1050. The van der Waals surface area contributed by atoms with Crippen LogP contribution in [0.5, 0.6) is 11.5 Å². The number of esters is 1. The summed E-state index contributed by atoms with van der Waals surface area (Å²) in [5.74, 6) is 0.687. The van der Waals surface area contributed by atoms with Gasteiger partial charge in [0.2, 0.25) is 0 Å². The van der Waals surface area contributed by atoms with Crippen LogP contribution in [0.25, 0.3) is 22.1 Å². The standard InChI is InChI=1S/C22H22O6/c1-5-26-21(23)14(3)27-17-10-11-18-13(2)20(22(24)28-19(18)12-17)15-6-8-16(25-4)9-7-15/h6-12,14H,5H2,1-4H3/t14-/m0/s1. The summed E-state index contributed by atoms with van der Waals surface area (Å²) in [5, 5.41) is 0.793. The Morgan fingerprint density at radius 2 is 1.79 bits per heavy atom. The summed E-state index contributed by atoms with van der Waals surface area (Å²) in [6, 6.07) is 12.4. The van der Waals surface area contributed by atoms with E-state index in [2.05, 4.69) is 0 Å². The Morgan fingerprint density at radius 1 is 1.11 bits per heavy atom. The van der Waals surface area contributed by atoms with Gasteiger partial charge < -0.3 is 18.6 Å². The third-order valence-electron chi connectivity index (χ3n) is 4.45. The van der Waals surface area contributed by atoms with Crippen molar-refractivity contribution in [3.63, 3.8) is 0 Å². The van der Waals surface area contributed by atoms with Gasteiger partial charge in [-0.25, -0.2) is 9.59 Å². The minimum Gasteiger partial charge on any atom is -0.497 e. The molecule has 1 atom stereocenters. The van der Waals surface area contributed by atoms with Gasteiger partial charge in [0.25, 0.3) is 0 Å². The lowest BCUT2D eigenvalue weighted by atomic mass is 9.99. The fourth-order valence-corrected chi connectivity index (χ4v) is 3.01. The maximum absolute atomic E-state index is 12.6. The van der Waals surface area contributed by atoms with Crippen LogP contribution in [-0.4, -0.2) is 25.8 Å². The predicted octanol–water partition coefficient (Wildman–Crippen LogP) is 4.11. The molecule has 0 saturated heterocycles. The number of hydrogen-bond acceptors (Lipinski definition) is 6. The highest BCUT2D eigenvalue weighted by Gasteiger charge is 2.18. The van der Waals surface area contributed by atoms with Crippen LogP contribution < -0.4 is 15.1 Å². The predicted molar refractivity (Wildman–Crippen MR) is 106 cm³/mol. The third-order valence-corrected chi connectivity index (χ3v) is 4.45. The van der Waals surface area contributed by atoms with Crippen molar-refractivity contribution < 1.29 is 23.4 Å². The molecule has 6 nitrogen and oxygen atoms in total. The maximum atomic E-state index is 12.6. The first-order chi connectivity index (χ1) is 13.4. The average Bonchev–Trinajstić information content (AvgIpc) is 2.68. The van der Waals surface area contributed by atoms with E-state index in [0.717, 1.165) is 16.5 Å². The van der Waals surface area contributed by atoms with Crippen molar-refractivity contribution in [1.29, 1.82) is 0 Å². The van der Waals surface area contributed by atoms with Gasteiger partial charge in [-0.3, -0.25) is 0 Å². The van der Waals surface area contributed by atoms with Crippen LogP contribution in [0.3, 0.4) is 0 Å². The van der Waals surface area contributed by atoms with E-state index in [1.54, 1.807) is 45.2 Å². The van der Waals surface area contributed by atoms with Gasteiger partial charge in [-0.1, -0.05) is 12.1 Å². The van der Waals surface area contributed by atoms with Gasteiger partial charge in [-0.2, -0.15) is 0 Å². The van der Waals surface area contributed by atoms with Gasteiger partial charge in [-0.15, -0.1) is 0 Å². The molecule has 0 amide bonds. The summed E-state index contributed by atoms with van der Waals surface area (Å²) in [5.41, 5.74) is 2.02. The molecule has 28 heavy (non-hydrogen) atoms.